The lowest BCUT2D eigenvalue weighted by Gasteiger charge is -2.26. The molecule has 0 radical (unpaired) electrons. The highest BCUT2D eigenvalue weighted by molar-refractivity contribution is 9.10. The number of likely N-dealkylation sites (tertiary alicyclic amines) is 1. The Morgan fingerprint density at radius 2 is 1.81 bits per heavy atom. The molecule has 1 aliphatic carbocycles. The molecule has 1 saturated carbocycles. The molecule has 1 aromatic carbocycles. The molecule has 2 aliphatic rings. The molecule has 3 nitrogen and oxygen atoms in total. The molecule has 4 heteroatoms. The zero-order valence-electron chi connectivity index (χ0n) is 16.1. The van der Waals surface area contributed by atoms with Gasteiger partial charge in [0.1, 0.15) is 5.75 Å². The number of piperidine rings is 1. The topological polar surface area (TPSA) is 24.5 Å². The van der Waals surface area contributed by atoms with Gasteiger partial charge in [-0.05, 0) is 69.4 Å². The fraction of sp³-hybridized carbons (Fsp3) is 0.727. The fourth-order valence-corrected chi connectivity index (χ4v) is 4.62. The fourth-order valence-electron chi connectivity index (χ4n) is 4.28. The van der Waals surface area contributed by atoms with E-state index in [0.29, 0.717) is 0 Å². The first-order valence-electron chi connectivity index (χ1n) is 10.7. The van der Waals surface area contributed by atoms with Gasteiger partial charge in [-0.3, -0.25) is 0 Å². The first-order chi connectivity index (χ1) is 12.8. The SMILES string of the molecule is Brc1ccc(NCCCN2CCCCC2)c(OCCC2CCCCC2)c1. The van der Waals surface area contributed by atoms with Crippen LogP contribution in [0.4, 0.5) is 5.69 Å². The van der Waals surface area contributed by atoms with Crippen LogP contribution in [-0.4, -0.2) is 37.7 Å². The summed E-state index contributed by atoms with van der Waals surface area (Å²) in [6.07, 6.45) is 13.6. The van der Waals surface area contributed by atoms with Gasteiger partial charge >= 0.3 is 0 Å². The molecule has 0 amide bonds. The first kappa shape index (κ1) is 20.0. The Kier molecular flexibility index (Phi) is 8.60. The number of nitrogens with one attached hydrogen (secondary N) is 1. The van der Waals surface area contributed by atoms with Crippen LogP contribution in [0.2, 0.25) is 0 Å². The van der Waals surface area contributed by atoms with Gasteiger partial charge in [-0.2, -0.15) is 0 Å². The lowest BCUT2D eigenvalue weighted by molar-refractivity contribution is 0.228. The van der Waals surface area contributed by atoms with Crippen LogP contribution in [0.5, 0.6) is 5.75 Å². The molecule has 3 rings (SSSR count). The zero-order chi connectivity index (χ0) is 18.0. The number of nitrogens with zero attached hydrogens (tertiary/aromatic N) is 1. The van der Waals surface area contributed by atoms with Gasteiger partial charge in [-0.25, -0.2) is 0 Å². The van der Waals surface area contributed by atoms with Crippen LogP contribution >= 0.6 is 15.9 Å². The van der Waals surface area contributed by atoms with Crippen LogP contribution in [0.3, 0.4) is 0 Å². The molecule has 1 saturated heterocycles. The van der Waals surface area contributed by atoms with Crippen molar-refractivity contribution < 1.29 is 4.74 Å². The minimum atomic E-state index is 0.837. The largest absolute Gasteiger partial charge is 0.491 e. The van der Waals surface area contributed by atoms with Crippen LogP contribution in [0.15, 0.2) is 22.7 Å². The van der Waals surface area contributed by atoms with E-state index in [2.05, 4.69) is 44.3 Å². The lowest BCUT2D eigenvalue weighted by atomic mass is 9.87. The van der Waals surface area contributed by atoms with Crippen molar-refractivity contribution in [3.8, 4) is 5.75 Å². The van der Waals surface area contributed by atoms with Gasteiger partial charge in [0.15, 0.2) is 0 Å². The highest BCUT2D eigenvalue weighted by Crippen LogP contribution is 2.30. The second kappa shape index (κ2) is 11.2. The number of benzene rings is 1. The Morgan fingerprint density at radius 3 is 2.62 bits per heavy atom. The Labute approximate surface area is 168 Å². The van der Waals surface area contributed by atoms with Gasteiger partial charge in [-0.15, -0.1) is 0 Å². The maximum Gasteiger partial charge on any atom is 0.143 e. The number of anilines is 1. The highest BCUT2D eigenvalue weighted by atomic mass is 79.9. The third-order valence-corrected chi connectivity index (χ3v) is 6.36. The molecule has 1 aliphatic heterocycles. The van der Waals surface area contributed by atoms with Crippen LogP contribution in [0, 0.1) is 5.92 Å². The number of hydrogen-bond acceptors (Lipinski definition) is 3. The number of halogens is 1. The molecular weight excluding hydrogens is 388 g/mol. The predicted octanol–water partition coefficient (Wildman–Crippen LogP) is 6.09. The van der Waals surface area contributed by atoms with Crippen molar-refractivity contribution in [2.45, 2.75) is 64.2 Å². The maximum atomic E-state index is 6.16. The van der Waals surface area contributed by atoms with Crippen molar-refractivity contribution in [3.63, 3.8) is 0 Å². The van der Waals surface area contributed by atoms with Gasteiger partial charge < -0.3 is 15.0 Å². The van der Waals surface area contributed by atoms with E-state index in [1.807, 2.05) is 0 Å². The predicted molar refractivity (Wildman–Crippen MR) is 114 cm³/mol. The summed E-state index contributed by atoms with van der Waals surface area (Å²) in [5.41, 5.74) is 1.13. The van der Waals surface area contributed by atoms with Gasteiger partial charge in [0.2, 0.25) is 0 Å². The second-order valence-corrected chi connectivity index (χ2v) is 8.88. The molecule has 26 heavy (non-hydrogen) atoms. The van der Waals surface area contributed by atoms with E-state index in [1.54, 1.807) is 0 Å². The molecule has 0 spiro atoms. The van der Waals surface area contributed by atoms with Crippen LogP contribution in [-0.2, 0) is 0 Å². The highest BCUT2D eigenvalue weighted by Gasteiger charge is 2.14. The maximum absolute atomic E-state index is 6.16. The van der Waals surface area contributed by atoms with Crippen molar-refractivity contribution in [1.29, 1.82) is 0 Å². The summed E-state index contributed by atoms with van der Waals surface area (Å²) in [5.74, 6) is 1.87. The summed E-state index contributed by atoms with van der Waals surface area (Å²) in [4.78, 5) is 2.61. The molecule has 0 atom stereocenters. The molecule has 1 aromatic rings. The van der Waals surface area contributed by atoms with Gasteiger partial charge in [0.05, 0.1) is 12.3 Å². The molecule has 0 bridgehead atoms. The molecule has 1 N–H and O–H groups in total. The summed E-state index contributed by atoms with van der Waals surface area (Å²) in [6, 6.07) is 6.34. The van der Waals surface area contributed by atoms with Crippen molar-refractivity contribution in [3.05, 3.63) is 22.7 Å². The minimum Gasteiger partial charge on any atom is -0.491 e. The summed E-state index contributed by atoms with van der Waals surface area (Å²) in [7, 11) is 0. The second-order valence-electron chi connectivity index (χ2n) is 7.96. The minimum absolute atomic E-state index is 0.837. The van der Waals surface area contributed by atoms with Gasteiger partial charge in [0.25, 0.3) is 0 Å². The average Bonchev–Trinajstić information content (AvgIpc) is 2.68. The summed E-state index contributed by atoms with van der Waals surface area (Å²) < 4.78 is 7.25. The molecule has 0 unspecified atom stereocenters. The molecule has 146 valence electrons. The van der Waals surface area contributed by atoms with Gasteiger partial charge in [0, 0.05) is 11.0 Å². The van der Waals surface area contributed by atoms with E-state index < -0.39 is 0 Å². The number of hydrogen-bond donors (Lipinski definition) is 1. The van der Waals surface area contributed by atoms with E-state index in [0.717, 1.165) is 35.0 Å². The summed E-state index contributed by atoms with van der Waals surface area (Å²) in [6.45, 7) is 5.63. The number of rotatable bonds is 9. The summed E-state index contributed by atoms with van der Waals surface area (Å²) >= 11 is 3.58. The lowest BCUT2D eigenvalue weighted by Crippen LogP contribution is -2.31. The standard InChI is InChI=1S/C22H35BrN2O/c23-20-10-11-21(24-13-7-16-25-14-5-2-6-15-25)22(18-20)26-17-12-19-8-3-1-4-9-19/h10-11,18-19,24H,1-9,12-17H2. The average molecular weight is 423 g/mol. The van der Waals surface area contributed by atoms with Crippen molar-refractivity contribution in [2.75, 3.05) is 38.1 Å². The van der Waals surface area contributed by atoms with E-state index in [4.69, 9.17) is 4.74 Å². The summed E-state index contributed by atoms with van der Waals surface area (Å²) in [5, 5.41) is 3.60. The van der Waals surface area contributed by atoms with E-state index >= 15 is 0 Å². The van der Waals surface area contributed by atoms with E-state index in [1.165, 1.54) is 83.8 Å². The zero-order valence-corrected chi connectivity index (χ0v) is 17.7. The Hall–Kier alpha value is -0.740. The van der Waals surface area contributed by atoms with E-state index in [9.17, 15) is 0 Å². The molecule has 0 aromatic heterocycles. The van der Waals surface area contributed by atoms with Gasteiger partial charge in [-0.1, -0.05) is 54.5 Å². The van der Waals surface area contributed by atoms with E-state index in [-0.39, 0.29) is 0 Å². The normalized spacial score (nSPS) is 19.4. The smallest absolute Gasteiger partial charge is 0.143 e. The Balaban J connectivity index is 1.41. The Morgan fingerprint density at radius 1 is 1.04 bits per heavy atom. The third-order valence-electron chi connectivity index (χ3n) is 5.87. The van der Waals surface area contributed by atoms with Crippen LogP contribution in [0.25, 0.3) is 0 Å². The van der Waals surface area contributed by atoms with Crippen LogP contribution < -0.4 is 10.1 Å². The number of ether oxygens (including phenoxy) is 1. The third kappa shape index (κ3) is 6.77. The van der Waals surface area contributed by atoms with Crippen molar-refractivity contribution in [1.82, 2.24) is 4.90 Å². The van der Waals surface area contributed by atoms with Crippen LogP contribution in [0.1, 0.15) is 64.2 Å². The van der Waals surface area contributed by atoms with Crippen molar-refractivity contribution in [2.24, 2.45) is 5.92 Å². The Bertz CT molecular complexity index is 525. The molecule has 2 fully saturated rings. The molecule has 1 heterocycles. The van der Waals surface area contributed by atoms with Crippen molar-refractivity contribution >= 4 is 21.6 Å². The quantitative estimate of drug-likeness (QED) is 0.487. The molecular formula is C22H35BrN2O. The monoisotopic (exact) mass is 422 g/mol. The first-order valence-corrected chi connectivity index (χ1v) is 11.5.